The molecule has 1 fully saturated rings. The lowest BCUT2D eigenvalue weighted by atomic mass is 9.86. The van der Waals surface area contributed by atoms with Crippen LogP contribution in [0.2, 0.25) is 0 Å². The van der Waals surface area contributed by atoms with Crippen molar-refractivity contribution in [3.8, 4) is 0 Å². The molecule has 4 nitrogen and oxygen atoms in total. The van der Waals surface area contributed by atoms with Gasteiger partial charge in [0.1, 0.15) is 0 Å². The van der Waals surface area contributed by atoms with Crippen LogP contribution in [0.4, 0.5) is 0 Å². The molecule has 0 aromatic carbocycles. The van der Waals surface area contributed by atoms with Gasteiger partial charge in [-0.3, -0.25) is 0 Å². The first-order valence-corrected chi connectivity index (χ1v) is 7.80. The Labute approximate surface area is 99.2 Å². The molecule has 1 aliphatic carbocycles. The van der Waals surface area contributed by atoms with E-state index in [0.29, 0.717) is 19.0 Å². The Morgan fingerprint density at radius 1 is 1.38 bits per heavy atom. The third-order valence-corrected chi connectivity index (χ3v) is 4.98. The summed E-state index contributed by atoms with van der Waals surface area (Å²) in [6, 6.07) is 0. The molecule has 1 aliphatic rings. The molecule has 0 bridgehead atoms. The van der Waals surface area contributed by atoms with Gasteiger partial charge in [0.25, 0.3) is 0 Å². The second kappa shape index (κ2) is 6.57. The highest BCUT2D eigenvalue weighted by Crippen LogP contribution is 2.25. The van der Waals surface area contributed by atoms with Crippen molar-refractivity contribution >= 4 is 10.0 Å². The Balaban J connectivity index is 2.24. The Hall–Kier alpha value is -0.130. The van der Waals surface area contributed by atoms with Gasteiger partial charge in [-0.2, -0.15) is 0 Å². The van der Waals surface area contributed by atoms with E-state index in [9.17, 15) is 8.42 Å². The molecule has 0 heterocycles. The molecule has 1 rings (SSSR count). The summed E-state index contributed by atoms with van der Waals surface area (Å²) in [6.45, 7) is 5.86. The lowest BCUT2D eigenvalue weighted by Crippen LogP contribution is -2.41. The molecule has 96 valence electrons. The molecule has 1 atom stereocenters. The smallest absolute Gasteiger partial charge is 0.215 e. The number of nitrogens with one attached hydrogen (secondary N) is 2. The van der Waals surface area contributed by atoms with Crippen molar-refractivity contribution in [2.24, 2.45) is 5.92 Å². The summed E-state index contributed by atoms with van der Waals surface area (Å²) in [7, 11) is -3.12. The Morgan fingerprint density at radius 2 is 2.06 bits per heavy atom. The van der Waals surface area contributed by atoms with Crippen LogP contribution in [0, 0.1) is 5.92 Å². The van der Waals surface area contributed by atoms with Crippen LogP contribution in [0.25, 0.3) is 0 Å². The highest BCUT2D eigenvalue weighted by molar-refractivity contribution is 7.90. The summed E-state index contributed by atoms with van der Waals surface area (Å²) in [5.41, 5.74) is 0. The van der Waals surface area contributed by atoms with Crippen molar-refractivity contribution in [1.29, 1.82) is 0 Å². The quantitative estimate of drug-likeness (QED) is 0.632. The molecule has 5 heteroatoms. The molecule has 0 radical (unpaired) electrons. The van der Waals surface area contributed by atoms with Gasteiger partial charge in [0.05, 0.1) is 5.25 Å². The first kappa shape index (κ1) is 13.9. The predicted octanol–water partition coefficient (Wildman–Crippen LogP) is 1.09. The van der Waals surface area contributed by atoms with Crippen molar-refractivity contribution in [3.05, 3.63) is 0 Å². The fourth-order valence-corrected chi connectivity index (χ4v) is 2.75. The minimum Gasteiger partial charge on any atom is -0.315 e. The van der Waals surface area contributed by atoms with Crippen LogP contribution in [0.15, 0.2) is 0 Å². The van der Waals surface area contributed by atoms with Crippen molar-refractivity contribution in [3.63, 3.8) is 0 Å². The monoisotopic (exact) mass is 248 g/mol. The van der Waals surface area contributed by atoms with Crippen molar-refractivity contribution in [2.45, 2.75) is 44.8 Å². The summed E-state index contributed by atoms with van der Waals surface area (Å²) < 4.78 is 26.4. The van der Waals surface area contributed by atoms with Gasteiger partial charge >= 0.3 is 0 Å². The normalized spacial score (nSPS) is 19.4. The van der Waals surface area contributed by atoms with E-state index >= 15 is 0 Å². The Kier molecular flexibility index (Phi) is 5.72. The third kappa shape index (κ3) is 4.39. The maximum Gasteiger partial charge on any atom is 0.215 e. The fourth-order valence-electron chi connectivity index (χ4n) is 1.66. The Morgan fingerprint density at radius 3 is 2.56 bits per heavy atom. The SMILES string of the molecule is CCCNCC(C)S(=O)(=O)NCC1CCC1. The fraction of sp³-hybridized carbons (Fsp3) is 1.00. The number of hydrogen-bond donors (Lipinski definition) is 2. The second-order valence-electron chi connectivity index (χ2n) is 4.71. The maximum absolute atomic E-state index is 11.8. The minimum absolute atomic E-state index is 0.348. The van der Waals surface area contributed by atoms with E-state index in [-0.39, 0.29) is 5.25 Å². The van der Waals surface area contributed by atoms with Crippen LogP contribution in [0.1, 0.15) is 39.5 Å². The van der Waals surface area contributed by atoms with Crippen LogP contribution in [0.3, 0.4) is 0 Å². The highest BCUT2D eigenvalue weighted by Gasteiger charge is 2.23. The highest BCUT2D eigenvalue weighted by atomic mass is 32.2. The van der Waals surface area contributed by atoms with Crippen molar-refractivity contribution in [2.75, 3.05) is 19.6 Å². The summed E-state index contributed by atoms with van der Waals surface area (Å²) in [4.78, 5) is 0. The average Bonchev–Trinajstić information content (AvgIpc) is 2.15. The van der Waals surface area contributed by atoms with Crippen LogP contribution < -0.4 is 10.0 Å². The average molecular weight is 248 g/mol. The van der Waals surface area contributed by atoms with Crippen molar-refractivity contribution in [1.82, 2.24) is 10.0 Å². The van der Waals surface area contributed by atoms with Gasteiger partial charge in [0.2, 0.25) is 10.0 Å². The molecule has 2 N–H and O–H groups in total. The number of hydrogen-bond acceptors (Lipinski definition) is 3. The molecule has 0 aromatic rings. The van der Waals surface area contributed by atoms with Crippen LogP contribution in [0.5, 0.6) is 0 Å². The van der Waals surface area contributed by atoms with Gasteiger partial charge < -0.3 is 5.32 Å². The molecule has 1 saturated carbocycles. The largest absolute Gasteiger partial charge is 0.315 e. The zero-order chi connectivity index (χ0) is 12.0. The van der Waals surface area contributed by atoms with Gasteiger partial charge in [-0.05, 0) is 38.6 Å². The summed E-state index contributed by atoms with van der Waals surface area (Å²) in [5, 5.41) is 2.79. The van der Waals surface area contributed by atoms with E-state index in [1.54, 1.807) is 6.92 Å². The molecule has 0 amide bonds. The zero-order valence-corrected chi connectivity index (χ0v) is 11.1. The molecular weight excluding hydrogens is 224 g/mol. The molecule has 0 saturated heterocycles. The topological polar surface area (TPSA) is 58.2 Å². The first-order chi connectivity index (χ1) is 7.56. The van der Waals surface area contributed by atoms with Gasteiger partial charge in [-0.15, -0.1) is 0 Å². The number of sulfonamides is 1. The lowest BCUT2D eigenvalue weighted by Gasteiger charge is -2.26. The van der Waals surface area contributed by atoms with Gasteiger partial charge in [0.15, 0.2) is 0 Å². The van der Waals surface area contributed by atoms with Gasteiger partial charge in [-0.25, -0.2) is 13.1 Å². The Bertz CT molecular complexity index is 286. The molecular formula is C11H24N2O2S. The predicted molar refractivity (Wildman–Crippen MR) is 66.9 cm³/mol. The summed E-state index contributed by atoms with van der Waals surface area (Å²) in [6.07, 6.45) is 4.62. The van der Waals surface area contributed by atoms with E-state index in [1.165, 1.54) is 19.3 Å². The van der Waals surface area contributed by atoms with Crippen molar-refractivity contribution < 1.29 is 8.42 Å². The summed E-state index contributed by atoms with van der Waals surface area (Å²) >= 11 is 0. The van der Waals surface area contributed by atoms with E-state index in [1.807, 2.05) is 0 Å². The van der Waals surface area contributed by atoms with E-state index < -0.39 is 10.0 Å². The summed E-state index contributed by atoms with van der Waals surface area (Å²) in [5.74, 6) is 0.575. The standard InChI is InChI=1S/C11H24N2O2S/c1-3-7-12-8-10(2)16(14,15)13-9-11-5-4-6-11/h10-13H,3-9H2,1-2H3. The maximum atomic E-state index is 11.8. The number of rotatable bonds is 8. The van der Waals surface area contributed by atoms with Crippen LogP contribution >= 0.6 is 0 Å². The van der Waals surface area contributed by atoms with E-state index in [2.05, 4.69) is 17.0 Å². The molecule has 16 heavy (non-hydrogen) atoms. The van der Waals surface area contributed by atoms with Gasteiger partial charge in [-0.1, -0.05) is 13.3 Å². The minimum atomic E-state index is -3.12. The first-order valence-electron chi connectivity index (χ1n) is 6.25. The van der Waals surface area contributed by atoms with E-state index in [0.717, 1.165) is 13.0 Å². The molecule has 0 spiro atoms. The van der Waals surface area contributed by atoms with E-state index in [4.69, 9.17) is 0 Å². The molecule has 0 aromatic heterocycles. The lowest BCUT2D eigenvalue weighted by molar-refractivity contribution is 0.316. The zero-order valence-electron chi connectivity index (χ0n) is 10.3. The molecule has 1 unspecified atom stereocenters. The van der Waals surface area contributed by atoms with Crippen LogP contribution in [-0.4, -0.2) is 33.3 Å². The second-order valence-corrected chi connectivity index (χ2v) is 6.89. The van der Waals surface area contributed by atoms with Gasteiger partial charge in [0, 0.05) is 13.1 Å². The third-order valence-electron chi connectivity index (χ3n) is 3.19. The van der Waals surface area contributed by atoms with Crippen LogP contribution in [-0.2, 0) is 10.0 Å². The molecule has 0 aliphatic heterocycles.